The molecule has 0 bridgehead atoms. The summed E-state index contributed by atoms with van der Waals surface area (Å²) in [5, 5.41) is 21.2. The number of aromatic hydroxyl groups is 1. The molecule has 0 amide bonds. The van der Waals surface area contributed by atoms with Crippen LogP contribution in [0.4, 0.5) is 0 Å². The minimum Gasteiger partial charge on any atom is -0.507 e. The van der Waals surface area contributed by atoms with Gasteiger partial charge >= 0.3 is 5.97 Å². The van der Waals surface area contributed by atoms with Crippen LogP contribution in [0.15, 0.2) is 48.5 Å². The van der Waals surface area contributed by atoms with Gasteiger partial charge in [-0.05, 0) is 35.7 Å². The monoisotopic (exact) mass is 362 g/mol. The summed E-state index contributed by atoms with van der Waals surface area (Å²) < 4.78 is 5.79. The second kappa shape index (κ2) is 6.59. The standard InChI is InChI=1S/C18H12Cl2O4/c19-14-4-2-5-15(20)13(14)9-24-17-6-1-3-10-7-12(18(22)23)16(21)8-11(10)17/h1-8,21H,9H2,(H,22,23). The Balaban J connectivity index is 1.98. The Morgan fingerprint density at radius 1 is 1.04 bits per heavy atom. The van der Waals surface area contributed by atoms with Crippen LogP contribution in [0.1, 0.15) is 15.9 Å². The molecule has 3 rings (SSSR count). The molecule has 0 heterocycles. The highest BCUT2D eigenvalue weighted by atomic mass is 35.5. The van der Waals surface area contributed by atoms with Crippen molar-refractivity contribution in [2.24, 2.45) is 0 Å². The van der Waals surface area contributed by atoms with Crippen molar-refractivity contribution in [3.8, 4) is 11.5 Å². The van der Waals surface area contributed by atoms with Gasteiger partial charge in [0.05, 0.1) is 0 Å². The van der Waals surface area contributed by atoms with Crippen molar-refractivity contribution in [3.63, 3.8) is 0 Å². The van der Waals surface area contributed by atoms with E-state index >= 15 is 0 Å². The lowest BCUT2D eigenvalue weighted by Gasteiger charge is -2.12. The quantitative estimate of drug-likeness (QED) is 0.674. The van der Waals surface area contributed by atoms with Gasteiger partial charge in [-0.25, -0.2) is 4.79 Å². The van der Waals surface area contributed by atoms with Crippen LogP contribution >= 0.6 is 23.2 Å². The summed E-state index contributed by atoms with van der Waals surface area (Å²) in [5.74, 6) is -1.01. The Morgan fingerprint density at radius 3 is 2.38 bits per heavy atom. The van der Waals surface area contributed by atoms with E-state index in [2.05, 4.69) is 0 Å². The SMILES string of the molecule is O=C(O)c1cc2cccc(OCc3c(Cl)cccc3Cl)c2cc1O. The second-order valence-corrected chi connectivity index (χ2v) is 5.96. The van der Waals surface area contributed by atoms with Crippen LogP contribution in [0.5, 0.6) is 11.5 Å². The Hall–Kier alpha value is -2.43. The van der Waals surface area contributed by atoms with Gasteiger partial charge in [0.15, 0.2) is 0 Å². The summed E-state index contributed by atoms with van der Waals surface area (Å²) in [4.78, 5) is 11.1. The number of aromatic carboxylic acids is 1. The van der Waals surface area contributed by atoms with Gasteiger partial charge in [0.2, 0.25) is 0 Å². The molecule has 3 aromatic rings. The van der Waals surface area contributed by atoms with Gasteiger partial charge in [-0.3, -0.25) is 0 Å². The molecule has 6 heteroatoms. The molecular formula is C18H12Cl2O4. The molecule has 24 heavy (non-hydrogen) atoms. The fourth-order valence-corrected chi connectivity index (χ4v) is 2.91. The van der Waals surface area contributed by atoms with Gasteiger partial charge in [-0.15, -0.1) is 0 Å². The Labute approximate surface area is 147 Å². The molecule has 0 unspecified atom stereocenters. The van der Waals surface area contributed by atoms with E-state index < -0.39 is 5.97 Å². The molecule has 0 saturated carbocycles. The zero-order valence-electron chi connectivity index (χ0n) is 12.3. The number of halogens is 2. The number of rotatable bonds is 4. The van der Waals surface area contributed by atoms with E-state index in [4.69, 9.17) is 33.0 Å². The van der Waals surface area contributed by atoms with Crippen molar-refractivity contribution in [2.45, 2.75) is 6.61 Å². The lowest BCUT2D eigenvalue weighted by Crippen LogP contribution is -1.99. The van der Waals surface area contributed by atoms with Crippen molar-refractivity contribution >= 4 is 39.9 Å². The minimum atomic E-state index is -1.19. The van der Waals surface area contributed by atoms with Gasteiger partial charge in [0, 0.05) is 21.0 Å². The highest BCUT2D eigenvalue weighted by molar-refractivity contribution is 6.35. The lowest BCUT2D eigenvalue weighted by atomic mass is 10.0. The van der Waals surface area contributed by atoms with Crippen molar-refractivity contribution in [1.82, 2.24) is 0 Å². The predicted molar refractivity (Wildman–Crippen MR) is 93.4 cm³/mol. The average molecular weight is 363 g/mol. The first-order valence-corrected chi connectivity index (χ1v) is 7.77. The fraction of sp³-hybridized carbons (Fsp3) is 0.0556. The van der Waals surface area contributed by atoms with E-state index in [-0.39, 0.29) is 17.9 Å². The third-order valence-electron chi connectivity index (χ3n) is 3.62. The Kier molecular flexibility index (Phi) is 4.51. The minimum absolute atomic E-state index is 0.152. The largest absolute Gasteiger partial charge is 0.507 e. The number of hydrogen-bond donors (Lipinski definition) is 2. The molecule has 0 spiro atoms. The summed E-state index contributed by atoms with van der Waals surface area (Å²) >= 11 is 12.3. The molecule has 0 atom stereocenters. The molecule has 0 aliphatic rings. The Bertz CT molecular complexity index is 917. The van der Waals surface area contributed by atoms with Crippen LogP contribution in [-0.2, 0) is 6.61 Å². The van der Waals surface area contributed by atoms with Gasteiger partial charge in [0.25, 0.3) is 0 Å². The molecule has 0 aromatic heterocycles. The summed E-state index contributed by atoms with van der Waals surface area (Å²) in [6.45, 7) is 0.152. The normalized spacial score (nSPS) is 10.8. The van der Waals surface area contributed by atoms with Crippen molar-refractivity contribution in [3.05, 3.63) is 69.7 Å². The molecule has 3 aromatic carbocycles. The van der Waals surface area contributed by atoms with Gasteiger partial charge in [-0.1, -0.05) is 41.4 Å². The van der Waals surface area contributed by atoms with Crippen LogP contribution in [0, 0.1) is 0 Å². The lowest BCUT2D eigenvalue weighted by molar-refractivity contribution is 0.0694. The van der Waals surface area contributed by atoms with Gasteiger partial charge < -0.3 is 14.9 Å². The number of benzene rings is 3. The number of fused-ring (bicyclic) bond motifs is 1. The molecule has 4 nitrogen and oxygen atoms in total. The molecule has 0 aliphatic carbocycles. The van der Waals surface area contributed by atoms with E-state index in [0.717, 1.165) is 0 Å². The molecular weight excluding hydrogens is 351 g/mol. The van der Waals surface area contributed by atoms with Gasteiger partial charge in [0.1, 0.15) is 23.7 Å². The highest BCUT2D eigenvalue weighted by Gasteiger charge is 2.14. The summed E-state index contributed by atoms with van der Waals surface area (Å²) in [7, 11) is 0. The average Bonchev–Trinajstić information content (AvgIpc) is 2.54. The van der Waals surface area contributed by atoms with E-state index in [1.54, 1.807) is 36.4 Å². The first kappa shape index (κ1) is 16.4. The summed E-state index contributed by atoms with van der Waals surface area (Å²) in [6, 6.07) is 13.2. The van der Waals surface area contributed by atoms with E-state index in [9.17, 15) is 9.90 Å². The van der Waals surface area contributed by atoms with Crippen molar-refractivity contribution in [2.75, 3.05) is 0 Å². The molecule has 0 radical (unpaired) electrons. The van der Waals surface area contributed by atoms with E-state index in [0.29, 0.717) is 32.1 Å². The maximum atomic E-state index is 11.1. The number of phenols is 1. The zero-order valence-corrected chi connectivity index (χ0v) is 13.8. The summed E-state index contributed by atoms with van der Waals surface area (Å²) in [5.41, 5.74) is 0.498. The number of hydrogen-bond acceptors (Lipinski definition) is 3. The second-order valence-electron chi connectivity index (χ2n) is 5.14. The highest BCUT2D eigenvalue weighted by Crippen LogP contribution is 2.33. The molecule has 0 saturated heterocycles. The molecule has 0 aliphatic heterocycles. The maximum Gasteiger partial charge on any atom is 0.339 e. The van der Waals surface area contributed by atoms with Crippen molar-refractivity contribution in [1.29, 1.82) is 0 Å². The van der Waals surface area contributed by atoms with Gasteiger partial charge in [-0.2, -0.15) is 0 Å². The molecule has 0 fully saturated rings. The third-order valence-corrected chi connectivity index (χ3v) is 4.33. The van der Waals surface area contributed by atoms with E-state index in [1.165, 1.54) is 12.1 Å². The first-order chi connectivity index (χ1) is 11.5. The Morgan fingerprint density at radius 2 is 1.71 bits per heavy atom. The number of carboxylic acids is 1. The number of ether oxygens (including phenoxy) is 1. The molecule has 122 valence electrons. The maximum absolute atomic E-state index is 11.1. The third kappa shape index (κ3) is 3.11. The van der Waals surface area contributed by atoms with Crippen LogP contribution in [0.2, 0.25) is 10.0 Å². The number of carbonyl (C=O) groups is 1. The van der Waals surface area contributed by atoms with Crippen molar-refractivity contribution < 1.29 is 19.7 Å². The number of carboxylic acid groups (broad SMARTS) is 1. The predicted octanol–water partition coefficient (Wildman–Crippen LogP) is 5.13. The van der Waals surface area contributed by atoms with Crippen LogP contribution < -0.4 is 4.74 Å². The topological polar surface area (TPSA) is 66.8 Å². The van der Waals surface area contributed by atoms with Crippen LogP contribution in [0.25, 0.3) is 10.8 Å². The van der Waals surface area contributed by atoms with E-state index in [1.807, 2.05) is 0 Å². The first-order valence-electron chi connectivity index (χ1n) is 7.02. The zero-order chi connectivity index (χ0) is 17.3. The molecule has 2 N–H and O–H groups in total. The fourth-order valence-electron chi connectivity index (χ4n) is 2.40. The summed E-state index contributed by atoms with van der Waals surface area (Å²) in [6.07, 6.45) is 0. The smallest absolute Gasteiger partial charge is 0.339 e. The van der Waals surface area contributed by atoms with Crippen LogP contribution in [0.3, 0.4) is 0 Å². The van der Waals surface area contributed by atoms with Crippen LogP contribution in [-0.4, -0.2) is 16.2 Å².